The highest BCUT2D eigenvalue weighted by Gasteiger charge is 2.23. The zero-order chi connectivity index (χ0) is 31.6. The van der Waals surface area contributed by atoms with Gasteiger partial charge in [0.2, 0.25) is 0 Å². The second-order valence-corrected chi connectivity index (χ2v) is 14.1. The Morgan fingerprint density at radius 1 is 0.674 bits per heavy atom. The fourth-order valence-electron chi connectivity index (χ4n) is 6.54. The van der Waals surface area contributed by atoms with Gasteiger partial charge in [0.25, 0.3) is 0 Å². The topological polar surface area (TPSA) is 17.8 Å². The summed E-state index contributed by atoms with van der Waals surface area (Å²) in [4.78, 5) is 5.32. The number of aromatic nitrogens is 2. The first-order chi connectivity index (χ1) is 22.3. The molecular weight excluding hydrogens is 584 g/mol. The number of hydrogen-bond acceptors (Lipinski definition) is 2. The van der Waals surface area contributed by atoms with Gasteiger partial charge in [-0.2, -0.15) is 0 Å². The van der Waals surface area contributed by atoms with Crippen molar-refractivity contribution < 1.29 is 4.39 Å². The van der Waals surface area contributed by atoms with Gasteiger partial charge in [0.05, 0.1) is 16.7 Å². The molecule has 4 heteroatoms. The Bertz CT molecular complexity index is 2410. The molecule has 6 aromatic carbocycles. The largest absolute Gasteiger partial charge is 0.292 e. The third-order valence-electron chi connectivity index (χ3n) is 9.00. The molecule has 0 unspecified atom stereocenters. The van der Waals surface area contributed by atoms with Crippen molar-refractivity contribution in [3.05, 3.63) is 144 Å². The van der Waals surface area contributed by atoms with Gasteiger partial charge in [-0.05, 0) is 88.7 Å². The number of fused-ring (bicyclic) bond motifs is 4. The first-order valence-corrected chi connectivity index (χ1v) is 16.5. The number of nitrogens with zero attached hydrogens (tertiary/aromatic N) is 2. The number of halogens is 1. The van der Waals surface area contributed by atoms with Crippen LogP contribution >= 0.6 is 11.3 Å². The maximum Gasteiger partial charge on any atom is 0.147 e. The van der Waals surface area contributed by atoms with E-state index in [1.165, 1.54) is 54.6 Å². The molecule has 0 fully saturated rings. The molecule has 0 aliphatic carbocycles. The van der Waals surface area contributed by atoms with Gasteiger partial charge in [-0.1, -0.05) is 99.6 Å². The first kappa shape index (κ1) is 28.4. The molecular formula is C42H33FN2S. The number of imidazole rings is 1. The van der Waals surface area contributed by atoms with Crippen molar-refractivity contribution >= 4 is 42.5 Å². The number of rotatable bonds is 4. The summed E-state index contributed by atoms with van der Waals surface area (Å²) in [6, 6.07) is 43.8. The zero-order valence-electron chi connectivity index (χ0n) is 26.3. The van der Waals surface area contributed by atoms with E-state index in [0.717, 1.165) is 39.2 Å². The minimum atomic E-state index is -0.224. The van der Waals surface area contributed by atoms with Crippen LogP contribution < -0.4 is 0 Å². The van der Waals surface area contributed by atoms with Crippen molar-refractivity contribution in [2.24, 2.45) is 0 Å². The van der Waals surface area contributed by atoms with E-state index in [2.05, 4.69) is 135 Å². The number of para-hydroxylation sites is 2. The van der Waals surface area contributed by atoms with Crippen LogP contribution in [0.3, 0.4) is 0 Å². The molecule has 0 amide bonds. The highest BCUT2D eigenvalue weighted by molar-refractivity contribution is 7.26. The van der Waals surface area contributed by atoms with Gasteiger partial charge < -0.3 is 0 Å². The lowest BCUT2D eigenvalue weighted by Gasteiger charge is -2.23. The second kappa shape index (κ2) is 10.8. The van der Waals surface area contributed by atoms with Crippen molar-refractivity contribution in [3.8, 4) is 39.3 Å². The Balaban J connectivity index is 1.41. The van der Waals surface area contributed by atoms with Crippen LogP contribution in [0.15, 0.2) is 127 Å². The van der Waals surface area contributed by atoms with Gasteiger partial charge in [-0.3, -0.25) is 4.57 Å². The summed E-state index contributed by atoms with van der Waals surface area (Å²) in [5, 5.41) is 2.49. The SMILES string of the molecule is Cc1ccc(-c2nc3ccccc3n2-c2ccc(C(C)(C)C)cc2-c2ccccc2)c2sc3cc(-c4ccc(F)cc4)ccc3c12. The van der Waals surface area contributed by atoms with Crippen LogP contribution in [0.1, 0.15) is 31.9 Å². The van der Waals surface area contributed by atoms with Crippen molar-refractivity contribution in [2.45, 2.75) is 33.1 Å². The van der Waals surface area contributed by atoms with E-state index < -0.39 is 0 Å². The molecule has 2 heterocycles. The minimum absolute atomic E-state index is 0.00879. The van der Waals surface area contributed by atoms with Gasteiger partial charge in [0, 0.05) is 31.3 Å². The Kier molecular flexibility index (Phi) is 6.66. The lowest BCUT2D eigenvalue weighted by molar-refractivity contribution is 0.590. The molecule has 0 radical (unpaired) electrons. The third kappa shape index (κ3) is 4.72. The van der Waals surface area contributed by atoms with Gasteiger partial charge in [-0.15, -0.1) is 11.3 Å². The third-order valence-corrected chi connectivity index (χ3v) is 10.2. The fraction of sp³-hybridized carbons (Fsp3) is 0.119. The van der Waals surface area contributed by atoms with E-state index in [-0.39, 0.29) is 11.2 Å². The van der Waals surface area contributed by atoms with Crippen LogP contribution in [0, 0.1) is 12.7 Å². The molecule has 0 aliphatic rings. The molecule has 224 valence electrons. The minimum Gasteiger partial charge on any atom is -0.292 e. The molecule has 46 heavy (non-hydrogen) atoms. The maximum atomic E-state index is 13.7. The maximum absolute atomic E-state index is 13.7. The van der Waals surface area contributed by atoms with Crippen LogP contribution in [0.25, 0.3) is 70.5 Å². The average molecular weight is 617 g/mol. The van der Waals surface area contributed by atoms with E-state index in [4.69, 9.17) is 4.98 Å². The van der Waals surface area contributed by atoms with Crippen molar-refractivity contribution in [3.63, 3.8) is 0 Å². The Labute approximate surface area is 272 Å². The van der Waals surface area contributed by atoms with E-state index >= 15 is 0 Å². The summed E-state index contributed by atoms with van der Waals surface area (Å²) in [6.45, 7) is 8.98. The number of hydrogen-bond donors (Lipinski definition) is 0. The number of thiophene rings is 1. The Hall–Kier alpha value is -5.06. The molecule has 8 aromatic rings. The fourth-order valence-corrected chi connectivity index (χ4v) is 7.87. The molecule has 0 atom stereocenters. The highest BCUT2D eigenvalue weighted by Crippen LogP contribution is 2.44. The molecule has 0 bridgehead atoms. The average Bonchev–Trinajstić information content (AvgIpc) is 3.64. The van der Waals surface area contributed by atoms with E-state index in [1.807, 2.05) is 12.1 Å². The summed E-state index contributed by atoms with van der Waals surface area (Å²) in [5.74, 6) is 0.704. The van der Waals surface area contributed by atoms with Crippen molar-refractivity contribution in [2.75, 3.05) is 0 Å². The predicted molar refractivity (Wildman–Crippen MR) is 194 cm³/mol. The van der Waals surface area contributed by atoms with Crippen molar-refractivity contribution in [1.29, 1.82) is 0 Å². The van der Waals surface area contributed by atoms with Gasteiger partial charge in [0.15, 0.2) is 0 Å². The summed E-state index contributed by atoms with van der Waals surface area (Å²) >= 11 is 1.80. The standard InChI is InChI=1S/C42H33FN2S/c1-26-14-21-33(40-39(26)32-22-17-29(24-38(32)46-40)27-15-19-31(43)20-16-27)41-44-35-12-8-9-13-37(35)45(41)36-23-18-30(42(2,3)4)25-34(36)28-10-6-5-7-11-28/h5-25H,1-4H3. The molecule has 0 saturated carbocycles. The van der Waals surface area contributed by atoms with Gasteiger partial charge in [-0.25, -0.2) is 9.37 Å². The lowest BCUT2D eigenvalue weighted by Crippen LogP contribution is -2.12. The van der Waals surface area contributed by atoms with E-state index in [0.29, 0.717) is 0 Å². The molecule has 2 aromatic heterocycles. The monoisotopic (exact) mass is 616 g/mol. The highest BCUT2D eigenvalue weighted by atomic mass is 32.1. The molecule has 8 rings (SSSR count). The Morgan fingerprint density at radius 3 is 2.20 bits per heavy atom. The van der Waals surface area contributed by atoms with Crippen molar-refractivity contribution in [1.82, 2.24) is 9.55 Å². The summed E-state index contributed by atoms with van der Waals surface area (Å²) < 4.78 is 18.4. The summed E-state index contributed by atoms with van der Waals surface area (Å²) in [7, 11) is 0. The molecule has 0 N–H and O–H groups in total. The van der Waals surface area contributed by atoms with Crippen LogP contribution in [0.4, 0.5) is 4.39 Å². The smallest absolute Gasteiger partial charge is 0.147 e. The normalized spacial score (nSPS) is 12.0. The number of aryl methyl sites for hydroxylation is 1. The second-order valence-electron chi connectivity index (χ2n) is 13.1. The Morgan fingerprint density at radius 2 is 1.41 bits per heavy atom. The van der Waals surface area contributed by atoms with Gasteiger partial charge >= 0.3 is 0 Å². The van der Waals surface area contributed by atoms with Gasteiger partial charge in [0.1, 0.15) is 11.6 Å². The molecule has 0 spiro atoms. The lowest BCUT2D eigenvalue weighted by atomic mass is 9.85. The van der Waals surface area contributed by atoms with E-state index in [1.54, 1.807) is 11.3 Å². The van der Waals surface area contributed by atoms with Crippen LogP contribution in [0.5, 0.6) is 0 Å². The van der Waals surface area contributed by atoms with Crippen LogP contribution in [0.2, 0.25) is 0 Å². The first-order valence-electron chi connectivity index (χ1n) is 15.7. The van der Waals surface area contributed by atoms with Crippen LogP contribution in [-0.4, -0.2) is 9.55 Å². The molecule has 2 nitrogen and oxygen atoms in total. The summed E-state index contributed by atoms with van der Waals surface area (Å²) in [5.41, 5.74) is 11.2. The predicted octanol–water partition coefficient (Wildman–Crippen LogP) is 12.1. The summed E-state index contributed by atoms with van der Waals surface area (Å²) in [6.07, 6.45) is 0. The van der Waals surface area contributed by atoms with E-state index in [9.17, 15) is 4.39 Å². The van der Waals surface area contributed by atoms with Crippen LogP contribution in [-0.2, 0) is 5.41 Å². The zero-order valence-corrected chi connectivity index (χ0v) is 27.1. The number of benzene rings is 6. The quantitative estimate of drug-likeness (QED) is 0.192. The molecule has 0 saturated heterocycles. The molecule has 0 aliphatic heterocycles.